The molecular formula is C32H40O11. The first-order valence-electron chi connectivity index (χ1n) is 14.4. The fourth-order valence-electron chi connectivity index (χ4n) is 4.61. The number of benzene rings is 2. The van der Waals surface area contributed by atoms with E-state index in [1.807, 2.05) is 36.4 Å². The molecule has 1 aliphatic heterocycles. The maximum atomic E-state index is 12.0. The van der Waals surface area contributed by atoms with Gasteiger partial charge in [0.05, 0.1) is 6.61 Å². The number of ether oxygens (including phenoxy) is 7. The zero-order chi connectivity index (χ0) is 31.4. The summed E-state index contributed by atoms with van der Waals surface area (Å²) in [6, 6.07) is 14.9. The Morgan fingerprint density at radius 3 is 1.72 bits per heavy atom. The highest BCUT2D eigenvalue weighted by Crippen LogP contribution is 2.32. The van der Waals surface area contributed by atoms with Gasteiger partial charge in [-0.15, -0.1) is 0 Å². The molecule has 0 unspecified atom stereocenters. The number of hydrogen-bond acceptors (Lipinski definition) is 11. The van der Waals surface area contributed by atoms with Crippen LogP contribution in [0.1, 0.15) is 60.3 Å². The van der Waals surface area contributed by atoms with Crippen molar-refractivity contribution < 1.29 is 52.3 Å². The lowest BCUT2D eigenvalue weighted by Gasteiger charge is -2.43. The topological polar surface area (TPSA) is 133 Å². The summed E-state index contributed by atoms with van der Waals surface area (Å²) in [5.41, 5.74) is 1.89. The van der Waals surface area contributed by atoms with E-state index in [2.05, 4.69) is 6.92 Å². The number of rotatable bonds is 14. The first-order chi connectivity index (χ1) is 20.6. The van der Waals surface area contributed by atoms with E-state index in [0.717, 1.165) is 43.6 Å². The molecule has 0 radical (unpaired) electrons. The Balaban J connectivity index is 1.79. The third kappa shape index (κ3) is 10.6. The summed E-state index contributed by atoms with van der Waals surface area (Å²) in [7, 11) is 0. The van der Waals surface area contributed by atoms with Gasteiger partial charge < -0.3 is 33.2 Å². The van der Waals surface area contributed by atoms with Crippen molar-refractivity contribution in [2.24, 2.45) is 0 Å². The summed E-state index contributed by atoms with van der Waals surface area (Å²) in [5, 5.41) is 0. The summed E-state index contributed by atoms with van der Waals surface area (Å²) in [5.74, 6) is -1.57. The largest absolute Gasteiger partial charge is 0.494 e. The van der Waals surface area contributed by atoms with Crippen molar-refractivity contribution in [1.29, 1.82) is 0 Å². The lowest BCUT2D eigenvalue weighted by atomic mass is 9.98. The Labute approximate surface area is 251 Å². The molecule has 0 amide bonds. The molecule has 2 aromatic rings. The quantitative estimate of drug-likeness (QED) is 0.169. The van der Waals surface area contributed by atoms with E-state index in [9.17, 15) is 19.2 Å². The first-order valence-corrected chi connectivity index (χ1v) is 14.4. The van der Waals surface area contributed by atoms with Crippen molar-refractivity contribution in [3.05, 3.63) is 48.5 Å². The van der Waals surface area contributed by atoms with E-state index >= 15 is 0 Å². The summed E-state index contributed by atoms with van der Waals surface area (Å²) in [6.45, 7) is 7.22. The van der Waals surface area contributed by atoms with Gasteiger partial charge in [0.2, 0.25) is 12.4 Å². The number of carbonyl (C=O) groups is 4. The minimum atomic E-state index is -1.31. The molecule has 0 bridgehead atoms. The maximum Gasteiger partial charge on any atom is 0.303 e. The van der Waals surface area contributed by atoms with Gasteiger partial charge in [0.25, 0.3) is 0 Å². The van der Waals surface area contributed by atoms with Crippen LogP contribution in [0.25, 0.3) is 11.1 Å². The highest BCUT2D eigenvalue weighted by atomic mass is 16.7. The summed E-state index contributed by atoms with van der Waals surface area (Å²) in [4.78, 5) is 47.5. The molecule has 11 nitrogen and oxygen atoms in total. The lowest BCUT2D eigenvalue weighted by molar-refractivity contribution is -0.288. The minimum Gasteiger partial charge on any atom is -0.494 e. The second kappa shape index (κ2) is 16.5. The van der Waals surface area contributed by atoms with Crippen LogP contribution in [0.15, 0.2) is 48.5 Å². The normalized spacial score (nSPS) is 21.3. The zero-order valence-electron chi connectivity index (χ0n) is 25.2. The van der Waals surface area contributed by atoms with Gasteiger partial charge in [-0.1, -0.05) is 50.5 Å². The van der Waals surface area contributed by atoms with E-state index < -0.39 is 54.6 Å². The SMILES string of the molecule is CCCCCCOc1ccc(-c2ccc(O[C@@H]3O[C@H](COC(C)=O)[C@@H](OC(C)=O)[C@H](OC(C)=O)[C@H]3OC(C)=O)cc2)cc1. The molecule has 5 atom stereocenters. The molecular weight excluding hydrogens is 560 g/mol. The van der Waals surface area contributed by atoms with Crippen LogP contribution in [0.2, 0.25) is 0 Å². The van der Waals surface area contributed by atoms with Crippen LogP contribution in [-0.2, 0) is 42.9 Å². The molecule has 0 N–H and O–H groups in total. The number of hydrogen-bond donors (Lipinski definition) is 0. The molecule has 1 fully saturated rings. The molecule has 1 saturated heterocycles. The van der Waals surface area contributed by atoms with Crippen LogP contribution >= 0.6 is 0 Å². The Morgan fingerprint density at radius 1 is 0.651 bits per heavy atom. The van der Waals surface area contributed by atoms with E-state index in [1.54, 1.807) is 12.1 Å². The highest BCUT2D eigenvalue weighted by molar-refractivity contribution is 5.69. The standard InChI is InChI=1S/C32H40O11/c1-6-7-8-9-18-37-26-14-10-24(11-15-26)25-12-16-27(17-13-25)42-32-31(41-23(5)36)30(40-22(4)35)29(39-21(3)34)28(43-32)19-38-20(2)33/h10-17,28-32H,6-9,18-19H2,1-5H3/t28-,29-,30+,31-,32-/m1/s1. The van der Waals surface area contributed by atoms with Crippen LogP contribution in [0, 0.1) is 0 Å². The zero-order valence-corrected chi connectivity index (χ0v) is 25.2. The second-order valence-electron chi connectivity index (χ2n) is 10.1. The smallest absolute Gasteiger partial charge is 0.303 e. The van der Waals surface area contributed by atoms with Gasteiger partial charge in [-0.2, -0.15) is 0 Å². The van der Waals surface area contributed by atoms with Gasteiger partial charge in [0, 0.05) is 27.7 Å². The monoisotopic (exact) mass is 600 g/mol. The number of carbonyl (C=O) groups excluding carboxylic acids is 4. The molecule has 234 valence electrons. The Morgan fingerprint density at radius 2 is 1.19 bits per heavy atom. The predicted octanol–water partition coefficient (Wildman–Crippen LogP) is 4.77. The van der Waals surface area contributed by atoms with Crippen molar-refractivity contribution >= 4 is 23.9 Å². The van der Waals surface area contributed by atoms with E-state index in [0.29, 0.717) is 12.4 Å². The summed E-state index contributed by atoms with van der Waals surface area (Å²) in [6.07, 6.45) is -1.71. The van der Waals surface area contributed by atoms with E-state index in [4.69, 9.17) is 33.2 Å². The van der Waals surface area contributed by atoms with Gasteiger partial charge in [-0.3, -0.25) is 19.2 Å². The molecule has 3 rings (SSSR count). The molecule has 0 spiro atoms. The molecule has 1 heterocycles. The van der Waals surface area contributed by atoms with Gasteiger partial charge in [-0.25, -0.2) is 0 Å². The van der Waals surface area contributed by atoms with E-state index in [-0.39, 0.29) is 6.61 Å². The molecule has 0 saturated carbocycles. The highest BCUT2D eigenvalue weighted by Gasteiger charge is 2.53. The number of esters is 4. The van der Waals surface area contributed by atoms with Crippen molar-refractivity contribution in [2.75, 3.05) is 13.2 Å². The molecule has 2 aromatic carbocycles. The molecule has 0 aliphatic carbocycles. The third-order valence-corrected chi connectivity index (χ3v) is 6.51. The Bertz CT molecular complexity index is 1210. The minimum absolute atomic E-state index is 0.338. The molecule has 43 heavy (non-hydrogen) atoms. The van der Waals surface area contributed by atoms with Crippen LogP contribution in [0.5, 0.6) is 11.5 Å². The van der Waals surface area contributed by atoms with Crippen LogP contribution in [0.4, 0.5) is 0 Å². The average molecular weight is 601 g/mol. The van der Waals surface area contributed by atoms with Gasteiger partial charge in [0.15, 0.2) is 12.2 Å². The van der Waals surface area contributed by atoms with Crippen molar-refractivity contribution in [3.8, 4) is 22.6 Å². The second-order valence-corrected chi connectivity index (χ2v) is 10.1. The van der Waals surface area contributed by atoms with Crippen LogP contribution in [-0.4, -0.2) is 67.8 Å². The predicted molar refractivity (Wildman–Crippen MR) is 154 cm³/mol. The van der Waals surface area contributed by atoms with Crippen molar-refractivity contribution in [2.45, 2.75) is 91.0 Å². The summed E-state index contributed by atoms with van der Waals surface area (Å²) < 4.78 is 39.3. The van der Waals surface area contributed by atoms with Crippen LogP contribution in [0.3, 0.4) is 0 Å². The number of unbranched alkanes of at least 4 members (excludes halogenated alkanes) is 3. The van der Waals surface area contributed by atoms with Gasteiger partial charge in [-0.05, 0) is 41.8 Å². The Hall–Kier alpha value is -4.12. The average Bonchev–Trinajstić information content (AvgIpc) is 2.95. The summed E-state index contributed by atoms with van der Waals surface area (Å²) >= 11 is 0. The van der Waals surface area contributed by atoms with Crippen molar-refractivity contribution in [1.82, 2.24) is 0 Å². The van der Waals surface area contributed by atoms with E-state index in [1.165, 1.54) is 26.7 Å². The van der Waals surface area contributed by atoms with Crippen LogP contribution < -0.4 is 9.47 Å². The lowest BCUT2D eigenvalue weighted by Crippen LogP contribution is -2.63. The molecule has 0 aromatic heterocycles. The Kier molecular flexibility index (Phi) is 12.8. The third-order valence-electron chi connectivity index (χ3n) is 6.51. The maximum absolute atomic E-state index is 12.0. The molecule has 11 heteroatoms. The first kappa shape index (κ1) is 33.4. The van der Waals surface area contributed by atoms with Gasteiger partial charge in [0.1, 0.15) is 24.2 Å². The fraction of sp³-hybridized carbons (Fsp3) is 0.500. The van der Waals surface area contributed by atoms with Crippen molar-refractivity contribution in [3.63, 3.8) is 0 Å². The fourth-order valence-corrected chi connectivity index (χ4v) is 4.61. The molecule has 1 aliphatic rings. The van der Waals surface area contributed by atoms with Gasteiger partial charge >= 0.3 is 23.9 Å².